The molecule has 5 aliphatic rings. The zero-order valence-corrected chi connectivity index (χ0v) is 42.3. The Morgan fingerprint density at radius 3 is 2.26 bits per heavy atom. The number of nitrogens with one attached hydrogen (secondary N) is 3. The van der Waals surface area contributed by atoms with E-state index in [-0.39, 0.29) is 48.4 Å². The van der Waals surface area contributed by atoms with Crippen molar-refractivity contribution >= 4 is 35.2 Å². The summed E-state index contributed by atoms with van der Waals surface area (Å²) in [6.45, 7) is 11.0. The monoisotopic (exact) mass is 983 g/mol. The highest BCUT2D eigenvalue weighted by molar-refractivity contribution is 5.93. The van der Waals surface area contributed by atoms with Gasteiger partial charge >= 0.3 is 0 Å². The smallest absolute Gasteiger partial charge is 0.246 e. The van der Waals surface area contributed by atoms with Gasteiger partial charge in [-0.15, -0.1) is 16.6 Å². The average Bonchev–Trinajstić information content (AvgIpc) is 3.79. The van der Waals surface area contributed by atoms with Crippen molar-refractivity contribution in [2.75, 3.05) is 75.1 Å². The fourth-order valence-electron chi connectivity index (χ4n) is 11.7. The van der Waals surface area contributed by atoms with E-state index >= 15 is 0 Å². The van der Waals surface area contributed by atoms with Gasteiger partial charge in [0.1, 0.15) is 29.3 Å². The van der Waals surface area contributed by atoms with Crippen LogP contribution in [0.15, 0.2) is 55.0 Å². The maximum atomic E-state index is 14.3. The summed E-state index contributed by atoms with van der Waals surface area (Å²) in [5.74, 6) is 3.91. The molecular weight excluding hydrogens is 913 g/mol. The second-order valence-corrected chi connectivity index (χ2v) is 21.6. The first-order chi connectivity index (χ1) is 34.6. The van der Waals surface area contributed by atoms with Crippen LogP contribution >= 0.6 is 0 Å². The Hall–Kier alpha value is -6.58. The molecule has 6 heterocycles. The predicted molar refractivity (Wildman–Crippen MR) is 274 cm³/mol. The number of aromatic hydroxyl groups is 1. The number of rotatable bonds is 13. The van der Waals surface area contributed by atoms with E-state index in [2.05, 4.69) is 51.8 Å². The first-order valence-corrected chi connectivity index (χ1v) is 25.6. The number of amides is 3. The van der Waals surface area contributed by atoms with Gasteiger partial charge in [0, 0.05) is 87.9 Å². The largest absolute Gasteiger partial charge is 0.507 e. The van der Waals surface area contributed by atoms with Gasteiger partial charge in [-0.3, -0.25) is 19.4 Å². The lowest BCUT2D eigenvalue weighted by Gasteiger charge is -2.55. The number of piperazine rings is 1. The number of anilines is 3. The first-order valence-electron chi connectivity index (χ1n) is 25.6. The van der Waals surface area contributed by atoms with Crippen molar-refractivity contribution in [1.29, 1.82) is 0 Å². The molecule has 72 heavy (non-hydrogen) atoms. The number of β-amino-alcohol motifs (C(OH)–C–C–N with tert-alkyl or cyclic N) is 1. The quantitative estimate of drug-likeness (QED) is 0.115. The number of hydrogen-bond acceptors (Lipinski definition) is 15. The average molecular weight is 983 g/mol. The van der Waals surface area contributed by atoms with E-state index in [0.29, 0.717) is 46.0 Å². The molecule has 5 N–H and O–H groups in total. The summed E-state index contributed by atoms with van der Waals surface area (Å²) in [4.78, 5) is 64.5. The fraction of sp³-hybridized carbons (Fsp3) is 0.556. The molecule has 9 rings (SSSR count). The third-order valence-electron chi connectivity index (χ3n) is 16.0. The molecular formula is C54H70N12O6. The topological polar surface area (TPSA) is 214 Å². The van der Waals surface area contributed by atoms with Crippen molar-refractivity contribution in [3.8, 4) is 35.1 Å². The van der Waals surface area contributed by atoms with Crippen molar-refractivity contribution in [1.82, 2.24) is 45.6 Å². The van der Waals surface area contributed by atoms with E-state index in [0.717, 1.165) is 102 Å². The van der Waals surface area contributed by atoms with Gasteiger partial charge in [0.05, 0.1) is 31.1 Å². The van der Waals surface area contributed by atoms with Gasteiger partial charge in [0.25, 0.3) is 0 Å². The van der Waals surface area contributed by atoms with Crippen LogP contribution in [0.5, 0.6) is 11.5 Å². The molecule has 18 heteroatoms. The molecule has 1 aromatic carbocycles. The van der Waals surface area contributed by atoms with Crippen LogP contribution in [0.1, 0.15) is 101 Å². The molecule has 1 spiro atoms. The zero-order valence-electron chi connectivity index (χ0n) is 42.3. The summed E-state index contributed by atoms with van der Waals surface area (Å²) < 4.78 is 5.42. The number of aliphatic hydroxyl groups excluding tert-OH is 1. The Balaban J connectivity index is 0.714. The molecule has 0 bridgehead atoms. The van der Waals surface area contributed by atoms with Gasteiger partial charge in [-0.25, -0.2) is 9.97 Å². The second kappa shape index (κ2) is 21.3. The molecule has 2 saturated carbocycles. The molecule has 2 aliphatic carbocycles. The number of pyridine rings is 1. The van der Waals surface area contributed by atoms with E-state index in [9.17, 15) is 24.6 Å². The molecule has 18 nitrogen and oxygen atoms in total. The van der Waals surface area contributed by atoms with Crippen molar-refractivity contribution in [2.24, 2.45) is 16.7 Å². The van der Waals surface area contributed by atoms with Crippen LogP contribution in [-0.2, 0) is 20.9 Å². The van der Waals surface area contributed by atoms with Crippen LogP contribution in [0.4, 0.5) is 17.5 Å². The lowest BCUT2D eigenvalue weighted by Crippen LogP contribution is -2.59. The number of piperidine rings is 1. The predicted octanol–water partition coefficient (Wildman–Crippen LogP) is 4.72. The van der Waals surface area contributed by atoms with E-state index in [1.165, 1.54) is 23.8 Å². The standard InChI is InChI=1S/C54H70N12O6/c1-7-34-24-46(72-6)42(56-29-34)32-57-50(70)44-25-39(67)33-66(44)51(71)47(53(2,3)4)60-49(69)36-12-16-54(17-13-36)27-38(28-54)63-18-14-35(15-19-63)37-30-58-52(59-31-37)65-22-20-64(21-23-65)43-26-41(61-62-48(43)55-5)40-10-8-9-11-45(40)68/h1,8-11,24,26,29-31,35-36,38-39,44,47,67-68H,12-23,25,27-28,32-33H2,2-6H3,(H,55,62)(H,57,70)(H,60,69)/t36-,38-,39-,44+,47-,54?/m1/s1. The summed E-state index contributed by atoms with van der Waals surface area (Å²) in [5.41, 5.74) is 4.08. The highest BCUT2D eigenvalue weighted by Gasteiger charge is 2.50. The minimum atomic E-state index is -0.906. The van der Waals surface area contributed by atoms with E-state index in [4.69, 9.17) is 21.1 Å². The molecule has 3 atom stereocenters. The Morgan fingerprint density at radius 1 is 0.917 bits per heavy atom. The summed E-state index contributed by atoms with van der Waals surface area (Å²) in [6, 6.07) is 9.61. The van der Waals surface area contributed by atoms with Crippen LogP contribution < -0.4 is 30.5 Å². The number of aromatic nitrogens is 5. The van der Waals surface area contributed by atoms with Gasteiger partial charge in [0.2, 0.25) is 23.7 Å². The first kappa shape index (κ1) is 50.4. The van der Waals surface area contributed by atoms with Crippen molar-refractivity contribution in [3.05, 3.63) is 71.8 Å². The van der Waals surface area contributed by atoms with Gasteiger partial charge in [-0.1, -0.05) is 38.8 Å². The maximum Gasteiger partial charge on any atom is 0.246 e. The Kier molecular flexibility index (Phi) is 14.9. The van der Waals surface area contributed by atoms with Gasteiger partial charge in [0.15, 0.2) is 5.82 Å². The number of aliphatic hydroxyl groups is 1. The lowest BCUT2D eigenvalue weighted by molar-refractivity contribution is -0.145. The van der Waals surface area contributed by atoms with Crippen LogP contribution in [0.25, 0.3) is 11.3 Å². The maximum absolute atomic E-state index is 14.3. The van der Waals surface area contributed by atoms with E-state index < -0.39 is 29.5 Å². The van der Waals surface area contributed by atoms with Gasteiger partial charge in [-0.05, 0) is 111 Å². The molecule has 3 amide bonds. The number of para-hydroxylation sites is 1. The number of hydrogen-bond donors (Lipinski definition) is 5. The van der Waals surface area contributed by atoms with E-state index in [1.54, 1.807) is 18.2 Å². The molecule has 0 unspecified atom stereocenters. The number of benzene rings is 1. The van der Waals surface area contributed by atoms with Crippen LogP contribution in [-0.4, -0.2) is 147 Å². The second-order valence-electron chi connectivity index (χ2n) is 21.6. The normalized spacial score (nSPS) is 24.3. The SMILES string of the molecule is C#Cc1cnc(CNC(=O)[C@@H]2C[C@@H](O)CN2C(=O)[C@@H](NC(=O)[C@H]2CCC3(CC2)C[C@H](N2CCC(c4cnc(N5CCN(c6cc(-c7ccccc7O)nnc6NC)CC5)nc4)CC2)C3)C(C)(C)C)c(OC)c1. The number of phenolic OH excluding ortho intramolecular Hbond substituents is 1. The van der Waals surface area contributed by atoms with Gasteiger partial charge in [-0.2, -0.15) is 0 Å². The lowest BCUT2D eigenvalue weighted by atomic mass is 9.56. The fourth-order valence-corrected chi connectivity index (χ4v) is 11.7. The number of phenols is 1. The molecule has 3 aliphatic heterocycles. The Morgan fingerprint density at radius 2 is 1.61 bits per heavy atom. The molecule has 4 aromatic rings. The summed E-state index contributed by atoms with van der Waals surface area (Å²) >= 11 is 0. The van der Waals surface area contributed by atoms with Crippen molar-refractivity contribution in [2.45, 2.75) is 115 Å². The van der Waals surface area contributed by atoms with Gasteiger partial charge < -0.3 is 50.5 Å². The van der Waals surface area contributed by atoms with Crippen LogP contribution in [0.3, 0.4) is 0 Å². The van der Waals surface area contributed by atoms with E-state index in [1.807, 2.05) is 58.4 Å². The Bertz CT molecular complexity index is 2620. The highest BCUT2D eigenvalue weighted by Crippen LogP contribution is 2.55. The third-order valence-corrected chi connectivity index (χ3v) is 16.0. The Labute approximate surface area is 422 Å². The molecule has 5 fully saturated rings. The highest BCUT2D eigenvalue weighted by atomic mass is 16.5. The van der Waals surface area contributed by atoms with Crippen molar-refractivity contribution < 1.29 is 29.3 Å². The molecule has 382 valence electrons. The summed E-state index contributed by atoms with van der Waals surface area (Å²) in [7, 11) is 3.34. The van der Waals surface area contributed by atoms with Crippen LogP contribution in [0, 0.1) is 29.1 Å². The number of nitrogens with zero attached hydrogens (tertiary/aromatic N) is 9. The number of carbonyl (C=O) groups is 3. The number of terminal acetylenes is 1. The summed E-state index contributed by atoms with van der Waals surface area (Å²) in [5, 5.41) is 39.1. The minimum Gasteiger partial charge on any atom is -0.507 e. The molecule has 3 saturated heterocycles. The molecule has 3 aromatic heterocycles. The number of carbonyl (C=O) groups excluding carboxylic acids is 3. The molecule has 0 radical (unpaired) electrons. The third kappa shape index (κ3) is 10.8. The van der Waals surface area contributed by atoms with Crippen molar-refractivity contribution in [3.63, 3.8) is 0 Å². The van der Waals surface area contributed by atoms with Crippen LogP contribution in [0.2, 0.25) is 0 Å². The summed E-state index contributed by atoms with van der Waals surface area (Å²) in [6.07, 6.45) is 18.3. The zero-order chi connectivity index (χ0) is 50.7. The number of ether oxygens (including phenoxy) is 1. The minimum absolute atomic E-state index is 0.000864. The number of methoxy groups -OCH3 is 1. The number of likely N-dealkylation sites (tertiary alicyclic amines) is 2.